The van der Waals surface area contributed by atoms with E-state index in [0.29, 0.717) is 19.6 Å². The monoisotopic (exact) mass is 299 g/mol. The highest BCUT2D eigenvalue weighted by Gasteiger charge is 2.23. The van der Waals surface area contributed by atoms with E-state index in [9.17, 15) is 14.0 Å². The number of benzene rings is 1. The van der Waals surface area contributed by atoms with E-state index in [1.807, 2.05) is 0 Å². The summed E-state index contributed by atoms with van der Waals surface area (Å²) in [4.78, 5) is 25.3. The van der Waals surface area contributed by atoms with Gasteiger partial charge in [-0.15, -0.1) is 0 Å². The van der Waals surface area contributed by atoms with Gasteiger partial charge >= 0.3 is 11.8 Å². The Balaban J connectivity index is 2.01. The lowest BCUT2D eigenvalue weighted by Crippen LogP contribution is -2.41. The number of nitrogens with one attached hydrogen (secondary N) is 2. The molecule has 20 heavy (non-hydrogen) atoms. The summed E-state index contributed by atoms with van der Waals surface area (Å²) in [6.45, 7) is 2.45. The number of halogens is 2. The fourth-order valence-corrected chi connectivity index (χ4v) is 2.12. The molecular weight excluding hydrogens is 285 g/mol. The van der Waals surface area contributed by atoms with Crippen LogP contribution in [0.5, 0.6) is 0 Å². The maximum atomic E-state index is 13.5. The van der Waals surface area contributed by atoms with Gasteiger partial charge in [-0.3, -0.25) is 9.59 Å². The van der Waals surface area contributed by atoms with Crippen LogP contribution < -0.4 is 10.6 Å². The van der Waals surface area contributed by atoms with Crippen molar-refractivity contribution in [1.29, 1.82) is 0 Å². The van der Waals surface area contributed by atoms with Gasteiger partial charge in [-0.2, -0.15) is 0 Å². The van der Waals surface area contributed by atoms with E-state index in [0.717, 1.165) is 19.0 Å². The average molecular weight is 300 g/mol. The summed E-state index contributed by atoms with van der Waals surface area (Å²) < 4.78 is 13.5. The second-order valence-electron chi connectivity index (χ2n) is 4.47. The molecule has 0 bridgehead atoms. The summed E-state index contributed by atoms with van der Waals surface area (Å²) in [5.74, 6) is -2.16. The van der Waals surface area contributed by atoms with E-state index < -0.39 is 17.6 Å². The van der Waals surface area contributed by atoms with Gasteiger partial charge in [-0.1, -0.05) is 11.6 Å². The van der Waals surface area contributed by atoms with Gasteiger partial charge in [-0.25, -0.2) is 4.39 Å². The maximum absolute atomic E-state index is 13.5. The molecule has 108 valence electrons. The Kier molecular flexibility index (Phi) is 4.92. The van der Waals surface area contributed by atoms with Crippen molar-refractivity contribution >= 4 is 29.1 Å². The van der Waals surface area contributed by atoms with Gasteiger partial charge < -0.3 is 15.5 Å². The number of anilines is 1. The fourth-order valence-electron chi connectivity index (χ4n) is 1.96. The topological polar surface area (TPSA) is 61.4 Å². The third-order valence-corrected chi connectivity index (χ3v) is 3.24. The molecule has 7 heteroatoms. The number of carbonyl (C=O) groups excluding carboxylic acids is 2. The molecule has 5 nitrogen and oxygen atoms in total. The molecule has 1 aromatic rings. The zero-order valence-corrected chi connectivity index (χ0v) is 11.5. The highest BCUT2D eigenvalue weighted by molar-refractivity contribution is 6.39. The van der Waals surface area contributed by atoms with Gasteiger partial charge in [0.2, 0.25) is 0 Å². The molecule has 1 aliphatic heterocycles. The van der Waals surface area contributed by atoms with Crippen LogP contribution in [-0.4, -0.2) is 42.9 Å². The summed E-state index contributed by atoms with van der Waals surface area (Å²) in [6.07, 6.45) is 0.786. The third-order valence-electron chi connectivity index (χ3n) is 3.00. The van der Waals surface area contributed by atoms with Crippen LogP contribution in [0.25, 0.3) is 0 Å². The van der Waals surface area contributed by atoms with Gasteiger partial charge in [0.25, 0.3) is 0 Å². The molecule has 2 N–H and O–H groups in total. The molecule has 1 fully saturated rings. The van der Waals surface area contributed by atoms with Crippen LogP contribution in [0.15, 0.2) is 18.2 Å². The molecule has 0 saturated carbocycles. The van der Waals surface area contributed by atoms with E-state index in [4.69, 9.17) is 11.6 Å². The molecule has 1 heterocycles. The number of hydrogen-bond acceptors (Lipinski definition) is 3. The first kappa shape index (κ1) is 14.7. The Morgan fingerprint density at radius 1 is 1.30 bits per heavy atom. The molecule has 2 rings (SSSR count). The Hall–Kier alpha value is -1.66. The number of carbonyl (C=O) groups is 2. The second kappa shape index (κ2) is 6.67. The normalized spacial score (nSPS) is 15.6. The lowest BCUT2D eigenvalue weighted by atomic mass is 10.3. The Morgan fingerprint density at radius 2 is 2.10 bits per heavy atom. The number of amides is 2. The molecule has 1 saturated heterocycles. The van der Waals surface area contributed by atoms with Crippen LogP contribution in [0.2, 0.25) is 5.02 Å². The van der Waals surface area contributed by atoms with E-state index in [1.165, 1.54) is 17.0 Å². The lowest BCUT2D eigenvalue weighted by molar-refractivity contribution is -0.143. The average Bonchev–Trinajstić information content (AvgIpc) is 2.70. The highest BCUT2D eigenvalue weighted by Crippen LogP contribution is 2.18. The first-order valence-electron chi connectivity index (χ1n) is 6.34. The number of nitrogens with zero attached hydrogens (tertiary/aromatic N) is 1. The predicted molar refractivity (Wildman–Crippen MR) is 74.1 cm³/mol. The minimum atomic E-state index is -0.840. The van der Waals surface area contributed by atoms with Crippen molar-refractivity contribution in [1.82, 2.24) is 10.2 Å². The first-order chi connectivity index (χ1) is 9.58. The highest BCUT2D eigenvalue weighted by atomic mass is 35.5. The van der Waals surface area contributed by atoms with Crippen LogP contribution in [-0.2, 0) is 9.59 Å². The second-order valence-corrected chi connectivity index (χ2v) is 4.91. The molecule has 1 aliphatic rings. The largest absolute Gasteiger partial charge is 0.333 e. The molecule has 0 radical (unpaired) electrons. The molecule has 0 spiro atoms. The van der Waals surface area contributed by atoms with Crippen molar-refractivity contribution in [2.24, 2.45) is 0 Å². The summed E-state index contributed by atoms with van der Waals surface area (Å²) in [5.41, 5.74) is -0.0549. The van der Waals surface area contributed by atoms with E-state index in [-0.39, 0.29) is 10.7 Å². The van der Waals surface area contributed by atoms with Gasteiger partial charge in [0.05, 0.1) is 5.69 Å². The summed E-state index contributed by atoms with van der Waals surface area (Å²) in [5, 5.41) is 5.63. The summed E-state index contributed by atoms with van der Waals surface area (Å²) in [7, 11) is 0. The zero-order chi connectivity index (χ0) is 14.5. The van der Waals surface area contributed by atoms with Gasteiger partial charge in [0.1, 0.15) is 5.82 Å². The van der Waals surface area contributed by atoms with Crippen molar-refractivity contribution in [3.05, 3.63) is 29.0 Å². The third kappa shape index (κ3) is 3.68. The van der Waals surface area contributed by atoms with Crippen molar-refractivity contribution in [3.8, 4) is 0 Å². The van der Waals surface area contributed by atoms with Crippen molar-refractivity contribution < 1.29 is 14.0 Å². The minimum Gasteiger partial charge on any atom is -0.333 e. The van der Waals surface area contributed by atoms with Gasteiger partial charge in [0, 0.05) is 24.7 Å². The molecule has 2 amide bonds. The molecule has 0 atom stereocenters. The number of rotatable bonds is 1. The SMILES string of the molecule is O=C(Nc1ccc(Cl)cc1F)C(=O)N1CCCNCC1. The zero-order valence-electron chi connectivity index (χ0n) is 10.8. The number of hydrogen-bond donors (Lipinski definition) is 2. The van der Waals surface area contributed by atoms with Crippen LogP contribution in [0.4, 0.5) is 10.1 Å². The molecule has 1 aromatic carbocycles. The van der Waals surface area contributed by atoms with Crippen LogP contribution >= 0.6 is 11.6 Å². The fraction of sp³-hybridized carbons (Fsp3) is 0.385. The quantitative estimate of drug-likeness (QED) is 0.767. The molecule has 0 unspecified atom stereocenters. The minimum absolute atomic E-state index is 0.0549. The predicted octanol–water partition coefficient (Wildman–Crippen LogP) is 1.24. The summed E-state index contributed by atoms with van der Waals surface area (Å²) >= 11 is 5.62. The van der Waals surface area contributed by atoms with Gasteiger partial charge in [0.15, 0.2) is 0 Å². The van der Waals surface area contributed by atoms with Crippen molar-refractivity contribution in [3.63, 3.8) is 0 Å². The van der Waals surface area contributed by atoms with Crippen molar-refractivity contribution in [2.75, 3.05) is 31.5 Å². The smallest absolute Gasteiger partial charge is 0.313 e. The Bertz CT molecular complexity index is 516. The molecule has 0 aromatic heterocycles. The van der Waals surface area contributed by atoms with E-state index in [2.05, 4.69) is 10.6 Å². The van der Waals surface area contributed by atoms with E-state index in [1.54, 1.807) is 0 Å². The van der Waals surface area contributed by atoms with Crippen LogP contribution in [0.3, 0.4) is 0 Å². The lowest BCUT2D eigenvalue weighted by Gasteiger charge is -2.19. The molecular formula is C13H15ClFN3O2. The van der Waals surface area contributed by atoms with Crippen molar-refractivity contribution in [2.45, 2.75) is 6.42 Å². The maximum Gasteiger partial charge on any atom is 0.313 e. The Morgan fingerprint density at radius 3 is 2.85 bits per heavy atom. The van der Waals surface area contributed by atoms with E-state index >= 15 is 0 Å². The summed E-state index contributed by atoms with van der Waals surface area (Å²) in [6, 6.07) is 3.85. The molecule has 0 aliphatic carbocycles. The first-order valence-corrected chi connectivity index (χ1v) is 6.72. The van der Waals surface area contributed by atoms with Gasteiger partial charge in [-0.05, 0) is 31.2 Å². The Labute approximate surface area is 121 Å². The standard InChI is InChI=1S/C13H15ClFN3O2/c14-9-2-3-11(10(15)8-9)17-12(19)13(20)18-6-1-4-16-5-7-18/h2-3,8,16H,1,4-7H2,(H,17,19). The van der Waals surface area contributed by atoms with Crippen LogP contribution in [0.1, 0.15) is 6.42 Å². The van der Waals surface area contributed by atoms with Crippen LogP contribution in [0, 0.1) is 5.82 Å².